The van der Waals surface area contributed by atoms with Crippen LogP contribution in [0.1, 0.15) is 55.5 Å². The van der Waals surface area contributed by atoms with E-state index >= 15 is 0 Å². The Morgan fingerprint density at radius 2 is 1.65 bits per heavy atom. The molecule has 0 aliphatic carbocycles. The van der Waals surface area contributed by atoms with Crippen LogP contribution >= 0.6 is 0 Å². The number of primary amides is 1. The fourth-order valence-electron chi connectivity index (χ4n) is 2.36. The Kier molecular flexibility index (Phi) is 7.97. The number of hydrogen-bond donors (Lipinski definition) is 1. The van der Waals surface area contributed by atoms with E-state index in [0.29, 0.717) is 5.56 Å². The summed E-state index contributed by atoms with van der Waals surface area (Å²) in [4.78, 5) is 13.9. The van der Waals surface area contributed by atoms with E-state index in [4.69, 9.17) is 5.73 Å². The number of carbonyl (C=O) groups is 1. The Morgan fingerprint density at radius 1 is 1.05 bits per heavy atom. The molecule has 0 aliphatic rings. The summed E-state index contributed by atoms with van der Waals surface area (Å²) in [5, 5.41) is 0. The molecule has 112 valence electrons. The Balaban J connectivity index is 2.59. The van der Waals surface area contributed by atoms with Gasteiger partial charge in [-0.05, 0) is 44.0 Å². The first-order valence-electron chi connectivity index (χ1n) is 7.79. The molecule has 0 saturated carbocycles. The number of nitrogens with zero attached hydrogens (tertiary/aromatic N) is 1. The molecule has 0 spiro atoms. The zero-order valence-corrected chi connectivity index (χ0v) is 12.9. The fraction of sp³-hybridized carbons (Fsp3) is 0.588. The van der Waals surface area contributed by atoms with E-state index in [2.05, 4.69) is 18.7 Å². The SMILES string of the molecule is CCCCN(CCCC)CCc1ccccc1C(N)=O. The summed E-state index contributed by atoms with van der Waals surface area (Å²) in [6.07, 6.45) is 5.82. The number of unbranched alkanes of at least 4 members (excludes halogenated alkanes) is 2. The molecule has 0 fully saturated rings. The second kappa shape index (κ2) is 9.54. The van der Waals surface area contributed by atoms with Crippen molar-refractivity contribution in [1.29, 1.82) is 0 Å². The Bertz CT molecular complexity index is 396. The third-order valence-electron chi connectivity index (χ3n) is 3.64. The second-order valence-corrected chi connectivity index (χ2v) is 5.32. The minimum Gasteiger partial charge on any atom is -0.366 e. The third kappa shape index (κ3) is 5.74. The van der Waals surface area contributed by atoms with Crippen molar-refractivity contribution in [3.05, 3.63) is 35.4 Å². The van der Waals surface area contributed by atoms with Crippen LogP contribution in [0.4, 0.5) is 0 Å². The quantitative estimate of drug-likeness (QED) is 0.713. The van der Waals surface area contributed by atoms with E-state index in [1.54, 1.807) is 0 Å². The molecule has 0 saturated heterocycles. The average Bonchev–Trinajstić information content (AvgIpc) is 2.46. The Morgan fingerprint density at radius 3 is 2.20 bits per heavy atom. The van der Waals surface area contributed by atoms with Crippen molar-refractivity contribution in [2.75, 3.05) is 19.6 Å². The smallest absolute Gasteiger partial charge is 0.248 e. The summed E-state index contributed by atoms with van der Waals surface area (Å²) in [6, 6.07) is 7.68. The lowest BCUT2D eigenvalue weighted by Crippen LogP contribution is -2.29. The molecule has 1 rings (SSSR count). The van der Waals surface area contributed by atoms with Crippen LogP contribution in [0.3, 0.4) is 0 Å². The van der Waals surface area contributed by atoms with E-state index < -0.39 is 0 Å². The molecule has 0 unspecified atom stereocenters. The zero-order chi connectivity index (χ0) is 14.8. The van der Waals surface area contributed by atoms with Gasteiger partial charge in [-0.3, -0.25) is 4.79 Å². The van der Waals surface area contributed by atoms with E-state index in [0.717, 1.165) is 31.6 Å². The molecular formula is C17H28N2O. The van der Waals surface area contributed by atoms with E-state index in [9.17, 15) is 4.79 Å². The largest absolute Gasteiger partial charge is 0.366 e. The lowest BCUT2D eigenvalue weighted by molar-refractivity contribution is 0.0999. The molecule has 0 radical (unpaired) electrons. The lowest BCUT2D eigenvalue weighted by atomic mass is 10.0. The van der Waals surface area contributed by atoms with Gasteiger partial charge in [-0.15, -0.1) is 0 Å². The topological polar surface area (TPSA) is 46.3 Å². The first-order chi connectivity index (χ1) is 9.69. The van der Waals surface area contributed by atoms with E-state index in [-0.39, 0.29) is 5.91 Å². The number of amides is 1. The monoisotopic (exact) mass is 276 g/mol. The number of benzene rings is 1. The van der Waals surface area contributed by atoms with Gasteiger partial charge in [0.1, 0.15) is 0 Å². The number of carbonyl (C=O) groups excluding carboxylic acids is 1. The van der Waals surface area contributed by atoms with Gasteiger partial charge < -0.3 is 10.6 Å². The van der Waals surface area contributed by atoms with Crippen LogP contribution in [0.5, 0.6) is 0 Å². The molecule has 3 heteroatoms. The van der Waals surface area contributed by atoms with Crippen LogP contribution in [0.15, 0.2) is 24.3 Å². The van der Waals surface area contributed by atoms with Gasteiger partial charge in [-0.25, -0.2) is 0 Å². The van der Waals surface area contributed by atoms with Gasteiger partial charge >= 0.3 is 0 Å². The molecular weight excluding hydrogens is 248 g/mol. The maximum Gasteiger partial charge on any atom is 0.248 e. The molecule has 1 aromatic rings. The van der Waals surface area contributed by atoms with Crippen LogP contribution in [0.25, 0.3) is 0 Å². The molecule has 2 N–H and O–H groups in total. The maximum atomic E-state index is 11.4. The number of nitrogens with two attached hydrogens (primary N) is 1. The van der Waals surface area contributed by atoms with Crippen molar-refractivity contribution in [3.8, 4) is 0 Å². The standard InChI is InChI=1S/C17H28N2O/c1-3-5-12-19(13-6-4-2)14-11-15-9-7-8-10-16(15)17(18)20/h7-10H,3-6,11-14H2,1-2H3,(H2,18,20). The first-order valence-corrected chi connectivity index (χ1v) is 7.79. The van der Waals surface area contributed by atoms with Crippen molar-refractivity contribution in [2.45, 2.75) is 46.0 Å². The van der Waals surface area contributed by atoms with Crippen molar-refractivity contribution in [3.63, 3.8) is 0 Å². The molecule has 0 aliphatic heterocycles. The molecule has 3 nitrogen and oxygen atoms in total. The fourth-order valence-corrected chi connectivity index (χ4v) is 2.36. The predicted octanol–water partition coefficient (Wildman–Crippen LogP) is 3.23. The van der Waals surface area contributed by atoms with Crippen LogP contribution in [-0.4, -0.2) is 30.4 Å². The molecule has 20 heavy (non-hydrogen) atoms. The van der Waals surface area contributed by atoms with E-state index in [1.165, 1.54) is 25.7 Å². The van der Waals surface area contributed by atoms with Gasteiger partial charge in [0.15, 0.2) is 0 Å². The van der Waals surface area contributed by atoms with Gasteiger partial charge in [0.05, 0.1) is 0 Å². The van der Waals surface area contributed by atoms with Crippen LogP contribution < -0.4 is 5.73 Å². The van der Waals surface area contributed by atoms with Crippen molar-refractivity contribution >= 4 is 5.91 Å². The van der Waals surface area contributed by atoms with Crippen LogP contribution in [-0.2, 0) is 6.42 Å². The normalized spacial score (nSPS) is 10.9. The Labute approximate surface area is 123 Å². The molecule has 1 amide bonds. The number of rotatable bonds is 10. The summed E-state index contributed by atoms with van der Waals surface area (Å²) in [7, 11) is 0. The highest BCUT2D eigenvalue weighted by atomic mass is 16.1. The average molecular weight is 276 g/mol. The van der Waals surface area contributed by atoms with Gasteiger partial charge in [0, 0.05) is 12.1 Å². The van der Waals surface area contributed by atoms with Gasteiger partial charge in [0.2, 0.25) is 5.91 Å². The molecule has 1 aromatic carbocycles. The molecule has 0 atom stereocenters. The zero-order valence-electron chi connectivity index (χ0n) is 12.9. The molecule has 0 heterocycles. The van der Waals surface area contributed by atoms with Gasteiger partial charge in [-0.1, -0.05) is 44.9 Å². The van der Waals surface area contributed by atoms with Gasteiger partial charge in [0.25, 0.3) is 0 Å². The highest BCUT2D eigenvalue weighted by Gasteiger charge is 2.09. The van der Waals surface area contributed by atoms with Crippen molar-refractivity contribution < 1.29 is 4.79 Å². The summed E-state index contributed by atoms with van der Waals surface area (Å²) >= 11 is 0. The summed E-state index contributed by atoms with van der Waals surface area (Å²) in [5.41, 5.74) is 7.16. The summed E-state index contributed by atoms with van der Waals surface area (Å²) in [6.45, 7) is 7.75. The van der Waals surface area contributed by atoms with Crippen molar-refractivity contribution in [2.24, 2.45) is 5.73 Å². The predicted molar refractivity (Wildman–Crippen MR) is 84.9 cm³/mol. The summed E-state index contributed by atoms with van der Waals surface area (Å²) in [5.74, 6) is -0.325. The maximum absolute atomic E-state index is 11.4. The highest BCUT2D eigenvalue weighted by Crippen LogP contribution is 2.10. The lowest BCUT2D eigenvalue weighted by Gasteiger charge is -2.22. The van der Waals surface area contributed by atoms with Gasteiger partial charge in [-0.2, -0.15) is 0 Å². The second-order valence-electron chi connectivity index (χ2n) is 5.32. The van der Waals surface area contributed by atoms with Crippen LogP contribution in [0, 0.1) is 0 Å². The van der Waals surface area contributed by atoms with E-state index in [1.807, 2.05) is 24.3 Å². The molecule has 0 aromatic heterocycles. The van der Waals surface area contributed by atoms with Crippen molar-refractivity contribution in [1.82, 2.24) is 4.90 Å². The Hall–Kier alpha value is -1.35. The number of hydrogen-bond acceptors (Lipinski definition) is 2. The highest BCUT2D eigenvalue weighted by molar-refractivity contribution is 5.94. The minimum atomic E-state index is -0.325. The first kappa shape index (κ1) is 16.7. The molecule has 0 bridgehead atoms. The summed E-state index contributed by atoms with van der Waals surface area (Å²) < 4.78 is 0. The minimum absolute atomic E-state index is 0.325. The van der Waals surface area contributed by atoms with Crippen LogP contribution in [0.2, 0.25) is 0 Å². The third-order valence-corrected chi connectivity index (χ3v) is 3.64.